The molecule has 0 saturated carbocycles. The van der Waals surface area contributed by atoms with Gasteiger partial charge in [-0.2, -0.15) is 0 Å². The molecule has 1 aromatic carbocycles. The molecular formula is C29H27N5O2S3. The number of para-hydroxylation sites is 1. The van der Waals surface area contributed by atoms with Gasteiger partial charge in [0.25, 0.3) is 0 Å². The number of thiophene rings is 1. The zero-order valence-corrected chi connectivity index (χ0v) is 24.0. The Bertz CT molecular complexity index is 1610. The van der Waals surface area contributed by atoms with Gasteiger partial charge in [-0.1, -0.05) is 36.9 Å². The summed E-state index contributed by atoms with van der Waals surface area (Å²) in [7, 11) is 0. The van der Waals surface area contributed by atoms with Gasteiger partial charge >= 0.3 is 0 Å². The number of carbonyl (C=O) groups excluding carboxylic acids is 1. The number of likely N-dealkylation sites (tertiary alicyclic amines) is 1. The Hall–Kier alpha value is -3.47. The Morgan fingerprint density at radius 1 is 1.10 bits per heavy atom. The van der Waals surface area contributed by atoms with Gasteiger partial charge < -0.3 is 15.0 Å². The minimum Gasteiger partial charge on any atom is -0.453 e. The number of amides is 1. The molecule has 7 nitrogen and oxygen atoms in total. The second kappa shape index (κ2) is 11.0. The number of hydrogen-bond acceptors (Lipinski definition) is 9. The van der Waals surface area contributed by atoms with Gasteiger partial charge in [0.15, 0.2) is 16.7 Å². The Morgan fingerprint density at radius 3 is 2.72 bits per heavy atom. The number of nitrogens with zero attached hydrogens (tertiary/aromatic N) is 4. The Labute approximate surface area is 239 Å². The van der Waals surface area contributed by atoms with Crippen LogP contribution in [0, 0.1) is 0 Å². The summed E-state index contributed by atoms with van der Waals surface area (Å²) in [6.45, 7) is 5.40. The topological polar surface area (TPSA) is 80.2 Å². The van der Waals surface area contributed by atoms with Gasteiger partial charge in [-0.3, -0.25) is 9.78 Å². The summed E-state index contributed by atoms with van der Waals surface area (Å²) in [4.78, 5) is 29.9. The molecule has 5 heterocycles. The average Bonchev–Trinajstić information content (AvgIpc) is 3.62. The zero-order chi connectivity index (χ0) is 26.8. The molecule has 5 aromatic rings. The SMILES string of the molecule is CC(=O)N1CCC(C)(c2csc(Nc3ncc(Sc4ccnc5ccsc45)cc3Oc3ccccc3)n2)CC1. The number of piperidine rings is 1. The van der Waals surface area contributed by atoms with Crippen LogP contribution in [0.3, 0.4) is 0 Å². The zero-order valence-electron chi connectivity index (χ0n) is 21.6. The van der Waals surface area contributed by atoms with Crippen LogP contribution in [0.4, 0.5) is 10.9 Å². The minimum atomic E-state index is -0.0582. The van der Waals surface area contributed by atoms with Crippen LogP contribution in [0.2, 0.25) is 0 Å². The lowest BCUT2D eigenvalue weighted by atomic mass is 9.78. The van der Waals surface area contributed by atoms with Crippen molar-refractivity contribution in [3.63, 3.8) is 0 Å². The summed E-state index contributed by atoms with van der Waals surface area (Å²) in [5.41, 5.74) is 1.99. The van der Waals surface area contributed by atoms with E-state index in [-0.39, 0.29) is 11.3 Å². The van der Waals surface area contributed by atoms with Crippen molar-refractivity contribution in [3.05, 3.63) is 77.4 Å². The maximum atomic E-state index is 11.8. The van der Waals surface area contributed by atoms with E-state index >= 15 is 0 Å². The number of thiazole rings is 1. The number of pyridine rings is 2. The molecule has 0 unspecified atom stereocenters. The van der Waals surface area contributed by atoms with Gasteiger partial charge in [-0.15, -0.1) is 22.7 Å². The summed E-state index contributed by atoms with van der Waals surface area (Å²) in [6.07, 6.45) is 5.49. The summed E-state index contributed by atoms with van der Waals surface area (Å²) in [5.74, 6) is 2.11. The fraction of sp³-hybridized carbons (Fsp3) is 0.241. The highest BCUT2D eigenvalue weighted by molar-refractivity contribution is 7.99. The molecular weight excluding hydrogens is 547 g/mol. The van der Waals surface area contributed by atoms with Crippen molar-refractivity contribution in [2.45, 2.75) is 41.9 Å². The van der Waals surface area contributed by atoms with Gasteiger partial charge in [-0.05, 0) is 42.5 Å². The molecule has 0 atom stereocenters. The number of fused-ring (bicyclic) bond motifs is 1. The predicted octanol–water partition coefficient (Wildman–Crippen LogP) is 7.73. The highest BCUT2D eigenvalue weighted by atomic mass is 32.2. The Balaban J connectivity index is 1.26. The van der Waals surface area contributed by atoms with Crippen LogP contribution in [0.15, 0.2) is 81.5 Å². The number of benzene rings is 1. The third-order valence-electron chi connectivity index (χ3n) is 6.99. The maximum absolute atomic E-state index is 11.8. The van der Waals surface area contributed by atoms with E-state index in [9.17, 15) is 4.79 Å². The summed E-state index contributed by atoms with van der Waals surface area (Å²) in [6, 6.07) is 15.8. The number of carbonyl (C=O) groups is 1. The van der Waals surface area contributed by atoms with E-state index in [4.69, 9.17) is 14.7 Å². The molecule has 6 rings (SSSR count). The van der Waals surface area contributed by atoms with Crippen molar-refractivity contribution in [2.75, 3.05) is 18.4 Å². The maximum Gasteiger partial charge on any atom is 0.219 e. The third-order valence-corrected chi connectivity index (χ3v) is 9.84. The normalized spacial score (nSPS) is 14.9. The highest BCUT2D eigenvalue weighted by Crippen LogP contribution is 2.41. The largest absolute Gasteiger partial charge is 0.453 e. The van der Waals surface area contributed by atoms with Crippen molar-refractivity contribution in [3.8, 4) is 11.5 Å². The van der Waals surface area contributed by atoms with Crippen LogP contribution in [0.25, 0.3) is 10.2 Å². The summed E-state index contributed by atoms with van der Waals surface area (Å²) < 4.78 is 7.46. The smallest absolute Gasteiger partial charge is 0.219 e. The first-order valence-corrected chi connectivity index (χ1v) is 15.3. The first-order chi connectivity index (χ1) is 19.0. The number of aromatic nitrogens is 3. The van der Waals surface area contributed by atoms with Gasteiger partial charge in [0.2, 0.25) is 5.91 Å². The third kappa shape index (κ3) is 5.63. The van der Waals surface area contributed by atoms with E-state index in [2.05, 4.69) is 28.0 Å². The monoisotopic (exact) mass is 573 g/mol. The van der Waals surface area contributed by atoms with E-state index in [0.29, 0.717) is 11.6 Å². The molecule has 0 aliphatic carbocycles. The molecule has 1 amide bonds. The minimum absolute atomic E-state index is 0.0582. The van der Waals surface area contributed by atoms with Crippen molar-refractivity contribution in [1.29, 1.82) is 0 Å². The number of ether oxygens (including phenoxy) is 1. The molecule has 0 radical (unpaired) electrons. The standard InChI is InChI=1S/C29H27N5O2S3/c1-19(35)34-13-10-29(2,11-14-34)25-18-38-28(32-25)33-27-23(36-20-6-4-3-5-7-20)16-21(17-31-27)39-24-8-12-30-22-9-15-37-26(22)24/h3-9,12,15-18H,10-11,13-14H2,1-2H3,(H,31,32,33). The number of hydrogen-bond donors (Lipinski definition) is 1. The van der Waals surface area contributed by atoms with Crippen molar-refractivity contribution < 1.29 is 9.53 Å². The molecule has 198 valence electrons. The molecule has 1 aliphatic heterocycles. The van der Waals surface area contributed by atoms with Crippen LogP contribution < -0.4 is 10.1 Å². The lowest BCUT2D eigenvalue weighted by Crippen LogP contribution is -2.43. The number of rotatable bonds is 7. The van der Waals surface area contributed by atoms with Gasteiger partial charge in [-0.25, -0.2) is 9.97 Å². The van der Waals surface area contributed by atoms with Gasteiger partial charge in [0.1, 0.15) is 5.75 Å². The number of nitrogens with one attached hydrogen (secondary N) is 1. The van der Waals surface area contributed by atoms with E-state index in [0.717, 1.165) is 62.5 Å². The molecule has 0 bridgehead atoms. The van der Waals surface area contributed by atoms with Crippen LogP contribution in [-0.2, 0) is 10.2 Å². The molecule has 4 aromatic heterocycles. The molecule has 39 heavy (non-hydrogen) atoms. The van der Waals surface area contributed by atoms with Gasteiger partial charge in [0.05, 0.1) is 15.9 Å². The fourth-order valence-electron chi connectivity index (χ4n) is 4.61. The Kier molecular flexibility index (Phi) is 7.24. The first-order valence-electron chi connectivity index (χ1n) is 12.7. The van der Waals surface area contributed by atoms with E-state index in [1.165, 1.54) is 0 Å². The van der Waals surface area contributed by atoms with E-state index in [1.54, 1.807) is 41.4 Å². The van der Waals surface area contributed by atoms with Crippen molar-refractivity contribution in [1.82, 2.24) is 19.9 Å². The van der Waals surface area contributed by atoms with Crippen molar-refractivity contribution >= 4 is 61.5 Å². The molecule has 1 fully saturated rings. The van der Waals surface area contributed by atoms with Crippen LogP contribution in [0.1, 0.15) is 32.4 Å². The van der Waals surface area contributed by atoms with Crippen LogP contribution >= 0.6 is 34.4 Å². The lowest BCUT2D eigenvalue weighted by Gasteiger charge is -2.38. The second-order valence-corrected chi connectivity index (χ2v) is 12.6. The highest BCUT2D eigenvalue weighted by Gasteiger charge is 2.34. The Morgan fingerprint density at radius 2 is 1.92 bits per heavy atom. The predicted molar refractivity (Wildman–Crippen MR) is 159 cm³/mol. The summed E-state index contributed by atoms with van der Waals surface area (Å²) in [5, 5.41) is 8.34. The second-order valence-electron chi connectivity index (χ2n) is 9.71. The lowest BCUT2D eigenvalue weighted by molar-refractivity contribution is -0.130. The molecule has 1 aliphatic rings. The van der Waals surface area contributed by atoms with Gasteiger partial charge in [0, 0.05) is 59.1 Å². The average molecular weight is 574 g/mol. The summed E-state index contributed by atoms with van der Waals surface area (Å²) >= 11 is 4.89. The van der Waals surface area contributed by atoms with Crippen LogP contribution in [0.5, 0.6) is 11.5 Å². The number of anilines is 2. The molecule has 0 spiro atoms. The molecule has 10 heteroatoms. The molecule has 1 N–H and O–H groups in total. The van der Waals surface area contributed by atoms with Crippen molar-refractivity contribution in [2.24, 2.45) is 0 Å². The first kappa shape index (κ1) is 25.8. The van der Waals surface area contributed by atoms with Crippen LogP contribution in [-0.4, -0.2) is 38.8 Å². The quantitative estimate of drug-likeness (QED) is 0.213. The fourth-order valence-corrected chi connectivity index (χ4v) is 7.35. The van der Waals surface area contributed by atoms with E-state index in [1.807, 2.05) is 65.8 Å². The van der Waals surface area contributed by atoms with E-state index < -0.39 is 0 Å². The molecule has 1 saturated heterocycles.